The maximum atomic E-state index is 13.6. The van der Waals surface area contributed by atoms with E-state index in [2.05, 4.69) is 20.6 Å². The van der Waals surface area contributed by atoms with Crippen molar-refractivity contribution in [1.29, 1.82) is 0 Å². The van der Waals surface area contributed by atoms with E-state index in [1.54, 1.807) is 17.9 Å². The van der Waals surface area contributed by atoms with Gasteiger partial charge in [0.25, 0.3) is 5.91 Å². The summed E-state index contributed by atoms with van der Waals surface area (Å²) < 4.78 is 45.7. The first kappa shape index (κ1) is 25.0. The number of piperazine rings is 1. The van der Waals surface area contributed by atoms with Gasteiger partial charge < -0.3 is 19.9 Å². The molecule has 2 aromatic rings. The maximum absolute atomic E-state index is 13.6. The molecule has 1 fully saturated rings. The molecule has 2 amide bonds. The molecule has 2 aromatic heterocycles. The van der Waals surface area contributed by atoms with E-state index in [9.17, 15) is 27.6 Å². The van der Waals surface area contributed by atoms with Crippen molar-refractivity contribution in [1.82, 2.24) is 20.2 Å². The van der Waals surface area contributed by atoms with Crippen LogP contribution in [-0.4, -0.2) is 66.7 Å². The lowest BCUT2D eigenvalue weighted by atomic mass is 10.1. The highest BCUT2D eigenvalue weighted by Gasteiger charge is 2.38. The molecule has 0 saturated carbocycles. The molecule has 0 bridgehead atoms. The third-order valence-corrected chi connectivity index (χ3v) is 5.14. The first-order chi connectivity index (χ1) is 16.1. The van der Waals surface area contributed by atoms with Crippen LogP contribution < -0.4 is 21.1 Å². The van der Waals surface area contributed by atoms with E-state index in [-0.39, 0.29) is 23.8 Å². The molecular weight excluding hydrogens is 457 g/mol. The fraction of sp³-hybridized carbons (Fsp3) is 0.429. The van der Waals surface area contributed by atoms with E-state index < -0.39 is 29.4 Å². The maximum Gasteiger partial charge on any atom is 0.435 e. The van der Waals surface area contributed by atoms with Crippen molar-refractivity contribution in [2.24, 2.45) is 0 Å². The summed E-state index contributed by atoms with van der Waals surface area (Å²) in [5.41, 5.74) is -1.27. The molecule has 10 nitrogen and oxygen atoms in total. The number of alkyl halides is 3. The number of halogens is 3. The normalized spacial score (nSPS) is 14.6. The smallest absolute Gasteiger partial charge is 0.435 e. The minimum Gasteiger partial charge on any atom is -0.450 e. The lowest BCUT2D eigenvalue weighted by molar-refractivity contribution is -0.140. The topological polar surface area (TPSA) is 120 Å². The number of pyridine rings is 2. The van der Waals surface area contributed by atoms with Crippen molar-refractivity contribution in [3.05, 3.63) is 51.6 Å². The summed E-state index contributed by atoms with van der Waals surface area (Å²) in [5, 5.41) is 4.71. The Morgan fingerprint density at radius 3 is 2.50 bits per heavy atom. The SMILES string of the molecule is CCOC(=O)Nc1cc(CN2CCN(c3ccc(C(=O)NC)nc3C(F)(F)F)CC2)cc(=O)[nH]1. The summed E-state index contributed by atoms with van der Waals surface area (Å²) in [6.07, 6.45) is -5.41. The Morgan fingerprint density at radius 2 is 1.88 bits per heavy atom. The molecule has 0 aromatic carbocycles. The molecule has 1 saturated heterocycles. The van der Waals surface area contributed by atoms with Crippen LogP contribution in [0.25, 0.3) is 0 Å². The van der Waals surface area contributed by atoms with Gasteiger partial charge in [-0.2, -0.15) is 13.2 Å². The molecule has 0 atom stereocenters. The Balaban J connectivity index is 1.69. The first-order valence-electron chi connectivity index (χ1n) is 10.6. The number of aromatic nitrogens is 2. The average Bonchev–Trinajstić information content (AvgIpc) is 2.78. The number of nitrogens with one attached hydrogen (secondary N) is 3. The lowest BCUT2D eigenvalue weighted by Gasteiger charge is -2.37. The van der Waals surface area contributed by atoms with Crippen LogP contribution in [-0.2, 0) is 17.5 Å². The highest BCUT2D eigenvalue weighted by atomic mass is 19.4. The fourth-order valence-corrected chi connectivity index (χ4v) is 3.61. The van der Waals surface area contributed by atoms with Gasteiger partial charge in [0.2, 0.25) is 5.56 Å². The van der Waals surface area contributed by atoms with Crippen LogP contribution in [0, 0.1) is 0 Å². The summed E-state index contributed by atoms with van der Waals surface area (Å²) in [5.74, 6) is -0.506. The van der Waals surface area contributed by atoms with Crippen LogP contribution >= 0.6 is 0 Å². The van der Waals surface area contributed by atoms with E-state index in [0.717, 1.165) is 0 Å². The van der Waals surface area contributed by atoms with E-state index in [0.29, 0.717) is 38.3 Å². The molecule has 3 N–H and O–H groups in total. The second-order valence-corrected chi connectivity index (χ2v) is 7.52. The summed E-state index contributed by atoms with van der Waals surface area (Å²) >= 11 is 0. The third-order valence-electron chi connectivity index (χ3n) is 5.14. The standard InChI is InChI=1S/C21H25F3N6O4/c1-3-34-20(33)28-16-10-13(11-17(31)27-16)12-29-6-8-30(9-7-29)15-5-4-14(19(32)25-2)26-18(15)21(22,23)24/h4-5,10-11H,3,6-9,12H2,1-2H3,(H,25,32)(H2,27,28,31,33). The second-order valence-electron chi connectivity index (χ2n) is 7.52. The van der Waals surface area contributed by atoms with Crippen LogP contribution in [0.3, 0.4) is 0 Å². The Morgan fingerprint density at radius 1 is 1.18 bits per heavy atom. The number of carbonyl (C=O) groups excluding carboxylic acids is 2. The summed E-state index contributed by atoms with van der Waals surface area (Å²) in [6.45, 7) is 3.66. The average molecular weight is 482 g/mol. The van der Waals surface area contributed by atoms with Gasteiger partial charge in [-0.3, -0.25) is 19.8 Å². The lowest BCUT2D eigenvalue weighted by Crippen LogP contribution is -2.46. The monoisotopic (exact) mass is 482 g/mol. The van der Waals surface area contributed by atoms with Gasteiger partial charge in [0.1, 0.15) is 11.5 Å². The number of rotatable bonds is 6. The third kappa shape index (κ3) is 6.25. The molecule has 1 aliphatic rings. The largest absolute Gasteiger partial charge is 0.450 e. The quantitative estimate of drug-likeness (QED) is 0.577. The van der Waals surface area contributed by atoms with Gasteiger partial charge in [0.15, 0.2) is 5.69 Å². The number of hydrogen-bond acceptors (Lipinski definition) is 7. The molecule has 0 spiro atoms. The predicted molar refractivity (Wildman–Crippen MR) is 118 cm³/mol. The van der Waals surface area contributed by atoms with Crippen molar-refractivity contribution >= 4 is 23.5 Å². The summed E-state index contributed by atoms with van der Waals surface area (Å²) in [6, 6.07) is 5.53. The number of anilines is 2. The van der Waals surface area contributed by atoms with Gasteiger partial charge in [0.05, 0.1) is 12.3 Å². The van der Waals surface area contributed by atoms with Crippen LogP contribution in [0.1, 0.15) is 28.7 Å². The molecule has 0 unspecified atom stereocenters. The number of hydrogen-bond donors (Lipinski definition) is 3. The van der Waals surface area contributed by atoms with Gasteiger partial charge in [0, 0.05) is 45.8 Å². The number of carbonyl (C=O) groups is 2. The predicted octanol–water partition coefficient (Wildman–Crippen LogP) is 2.04. The van der Waals surface area contributed by atoms with E-state index in [1.807, 2.05) is 4.90 Å². The molecule has 0 aliphatic carbocycles. The number of aromatic amines is 1. The number of amides is 2. The molecule has 3 heterocycles. The molecular formula is C21H25F3N6O4. The van der Waals surface area contributed by atoms with Crippen LogP contribution in [0.2, 0.25) is 0 Å². The zero-order chi connectivity index (χ0) is 24.9. The summed E-state index contributed by atoms with van der Waals surface area (Å²) in [7, 11) is 1.32. The Bertz CT molecular complexity index is 1100. The van der Waals surface area contributed by atoms with Crippen LogP contribution in [0.5, 0.6) is 0 Å². The number of H-pyrrole nitrogens is 1. The Kier molecular flexibility index (Phi) is 7.76. The highest BCUT2D eigenvalue weighted by Crippen LogP contribution is 2.35. The minimum atomic E-state index is -4.72. The molecule has 34 heavy (non-hydrogen) atoms. The Labute approximate surface area is 193 Å². The highest BCUT2D eigenvalue weighted by molar-refractivity contribution is 5.92. The van der Waals surface area contributed by atoms with E-state index >= 15 is 0 Å². The van der Waals surface area contributed by atoms with Gasteiger partial charge >= 0.3 is 12.3 Å². The van der Waals surface area contributed by atoms with Gasteiger partial charge in [-0.05, 0) is 30.7 Å². The van der Waals surface area contributed by atoms with E-state index in [4.69, 9.17) is 4.74 Å². The van der Waals surface area contributed by atoms with Gasteiger partial charge in [-0.15, -0.1) is 0 Å². The minimum absolute atomic E-state index is 0.0862. The zero-order valence-electron chi connectivity index (χ0n) is 18.7. The number of ether oxygens (including phenoxy) is 1. The van der Waals surface area contributed by atoms with E-state index in [1.165, 1.54) is 25.2 Å². The first-order valence-corrected chi connectivity index (χ1v) is 10.6. The molecule has 184 valence electrons. The van der Waals surface area contributed by atoms with Crippen molar-refractivity contribution in [3.63, 3.8) is 0 Å². The molecule has 3 rings (SSSR count). The zero-order valence-corrected chi connectivity index (χ0v) is 18.7. The summed E-state index contributed by atoms with van der Waals surface area (Å²) in [4.78, 5) is 44.9. The van der Waals surface area contributed by atoms with Crippen molar-refractivity contribution in [2.75, 3.05) is 50.1 Å². The molecule has 1 aliphatic heterocycles. The fourth-order valence-electron chi connectivity index (χ4n) is 3.61. The van der Waals surface area contributed by atoms with Gasteiger partial charge in [-0.25, -0.2) is 9.78 Å². The molecule has 0 radical (unpaired) electrons. The number of nitrogens with zero attached hydrogens (tertiary/aromatic N) is 3. The Hall–Kier alpha value is -3.61. The van der Waals surface area contributed by atoms with Gasteiger partial charge in [-0.1, -0.05) is 0 Å². The second kappa shape index (κ2) is 10.5. The van der Waals surface area contributed by atoms with Crippen molar-refractivity contribution in [2.45, 2.75) is 19.6 Å². The van der Waals surface area contributed by atoms with Crippen molar-refractivity contribution < 1.29 is 27.5 Å². The molecule has 13 heteroatoms. The van der Waals surface area contributed by atoms with Crippen LogP contribution in [0.15, 0.2) is 29.1 Å². The van der Waals surface area contributed by atoms with Crippen molar-refractivity contribution in [3.8, 4) is 0 Å². The van der Waals surface area contributed by atoms with Crippen LogP contribution in [0.4, 0.5) is 29.5 Å².